The van der Waals surface area contributed by atoms with E-state index in [2.05, 4.69) is 36.1 Å². The number of ether oxygens (including phenoxy) is 1. The van der Waals surface area contributed by atoms with Crippen LogP contribution in [0.2, 0.25) is 0 Å². The number of benzene rings is 1. The largest absolute Gasteiger partial charge is 0.465 e. The Balaban J connectivity index is 1.87. The Bertz CT molecular complexity index is 579. The van der Waals surface area contributed by atoms with Crippen LogP contribution < -0.4 is 0 Å². The SMILES string of the molecule is CCOC(=O)[C@@H]1CC2=C(CCCC2)CN1[C@H](C)c1ccccc1. The molecule has 0 saturated carbocycles. The van der Waals surface area contributed by atoms with E-state index in [4.69, 9.17) is 4.74 Å². The highest BCUT2D eigenvalue weighted by Crippen LogP contribution is 2.37. The predicted octanol–water partition coefficient (Wildman–Crippen LogP) is 4.26. The van der Waals surface area contributed by atoms with E-state index >= 15 is 0 Å². The first-order valence-corrected chi connectivity index (χ1v) is 8.87. The number of nitrogens with zero attached hydrogens (tertiary/aromatic N) is 1. The van der Waals surface area contributed by atoms with Crippen LogP contribution in [0.25, 0.3) is 0 Å². The van der Waals surface area contributed by atoms with Gasteiger partial charge in [0.15, 0.2) is 0 Å². The predicted molar refractivity (Wildman–Crippen MR) is 92.1 cm³/mol. The lowest BCUT2D eigenvalue weighted by Gasteiger charge is -2.42. The molecule has 23 heavy (non-hydrogen) atoms. The molecule has 0 saturated heterocycles. The van der Waals surface area contributed by atoms with E-state index in [1.165, 1.54) is 36.8 Å². The monoisotopic (exact) mass is 313 g/mol. The van der Waals surface area contributed by atoms with Crippen LogP contribution >= 0.6 is 0 Å². The van der Waals surface area contributed by atoms with E-state index in [-0.39, 0.29) is 18.1 Å². The van der Waals surface area contributed by atoms with Gasteiger partial charge in [-0.1, -0.05) is 41.5 Å². The van der Waals surface area contributed by atoms with E-state index in [9.17, 15) is 4.79 Å². The normalized spacial score (nSPS) is 23.3. The molecule has 0 unspecified atom stereocenters. The summed E-state index contributed by atoms with van der Waals surface area (Å²) in [6, 6.07) is 10.6. The highest BCUT2D eigenvalue weighted by molar-refractivity contribution is 5.76. The van der Waals surface area contributed by atoms with E-state index in [0.29, 0.717) is 6.61 Å². The third-order valence-electron chi connectivity index (χ3n) is 5.26. The van der Waals surface area contributed by atoms with Gasteiger partial charge in [0, 0.05) is 12.6 Å². The second-order valence-electron chi connectivity index (χ2n) is 6.65. The zero-order chi connectivity index (χ0) is 16.2. The molecule has 124 valence electrons. The number of carbonyl (C=O) groups excluding carboxylic acids is 1. The average molecular weight is 313 g/mol. The summed E-state index contributed by atoms with van der Waals surface area (Å²) in [6.07, 6.45) is 5.77. The summed E-state index contributed by atoms with van der Waals surface area (Å²) in [5, 5.41) is 0. The Morgan fingerprint density at radius 1 is 1.22 bits per heavy atom. The van der Waals surface area contributed by atoms with Gasteiger partial charge in [0.05, 0.1) is 6.61 Å². The molecule has 1 aliphatic carbocycles. The van der Waals surface area contributed by atoms with Crippen LogP contribution in [0.5, 0.6) is 0 Å². The summed E-state index contributed by atoms with van der Waals surface area (Å²) < 4.78 is 5.37. The summed E-state index contributed by atoms with van der Waals surface area (Å²) in [5.74, 6) is -0.0626. The van der Waals surface area contributed by atoms with Crippen LogP contribution in [0.1, 0.15) is 57.6 Å². The molecule has 0 spiro atoms. The van der Waals surface area contributed by atoms with Gasteiger partial charge in [-0.3, -0.25) is 9.69 Å². The fourth-order valence-corrected chi connectivity index (χ4v) is 3.94. The third kappa shape index (κ3) is 3.50. The van der Waals surface area contributed by atoms with Gasteiger partial charge in [-0.15, -0.1) is 0 Å². The lowest BCUT2D eigenvalue weighted by Crippen LogP contribution is -2.47. The maximum absolute atomic E-state index is 12.5. The van der Waals surface area contributed by atoms with E-state index in [1.807, 2.05) is 13.0 Å². The molecule has 0 fully saturated rings. The van der Waals surface area contributed by atoms with Gasteiger partial charge in [-0.05, 0) is 51.5 Å². The standard InChI is InChI=1S/C20H27NO2/c1-3-23-20(22)19-13-17-11-7-8-12-18(17)14-21(19)15(2)16-9-5-4-6-10-16/h4-6,9-10,15,19H,3,7-8,11-14H2,1-2H3/t15-,19+/m1/s1. The summed E-state index contributed by atoms with van der Waals surface area (Å²) in [5.41, 5.74) is 4.35. The minimum absolute atomic E-state index is 0.0626. The lowest BCUT2D eigenvalue weighted by atomic mass is 9.83. The second kappa shape index (κ2) is 7.31. The Kier molecular flexibility index (Phi) is 5.16. The van der Waals surface area contributed by atoms with Gasteiger partial charge < -0.3 is 4.74 Å². The zero-order valence-electron chi connectivity index (χ0n) is 14.3. The van der Waals surface area contributed by atoms with Crippen molar-refractivity contribution in [1.82, 2.24) is 4.90 Å². The van der Waals surface area contributed by atoms with Crippen molar-refractivity contribution in [3.63, 3.8) is 0 Å². The van der Waals surface area contributed by atoms with Crippen molar-refractivity contribution < 1.29 is 9.53 Å². The number of esters is 1. The van der Waals surface area contributed by atoms with Crippen molar-refractivity contribution in [3.8, 4) is 0 Å². The van der Waals surface area contributed by atoms with Crippen LogP contribution in [-0.2, 0) is 9.53 Å². The van der Waals surface area contributed by atoms with Gasteiger partial charge in [-0.2, -0.15) is 0 Å². The molecule has 0 aromatic heterocycles. The zero-order valence-corrected chi connectivity index (χ0v) is 14.3. The summed E-state index contributed by atoms with van der Waals surface area (Å²) in [7, 11) is 0. The highest BCUT2D eigenvalue weighted by atomic mass is 16.5. The summed E-state index contributed by atoms with van der Waals surface area (Å²) in [4.78, 5) is 14.9. The van der Waals surface area contributed by atoms with E-state index < -0.39 is 0 Å². The molecule has 0 bridgehead atoms. The molecule has 2 aliphatic rings. The first-order valence-electron chi connectivity index (χ1n) is 8.87. The lowest BCUT2D eigenvalue weighted by molar-refractivity contribution is -0.150. The number of carbonyl (C=O) groups is 1. The molecule has 1 heterocycles. The first-order chi connectivity index (χ1) is 11.2. The van der Waals surface area contributed by atoms with Crippen LogP contribution in [0.15, 0.2) is 41.5 Å². The van der Waals surface area contributed by atoms with E-state index in [1.54, 1.807) is 5.57 Å². The maximum atomic E-state index is 12.5. The Labute approximate surface area is 139 Å². The van der Waals surface area contributed by atoms with Crippen molar-refractivity contribution in [2.75, 3.05) is 13.2 Å². The molecule has 0 radical (unpaired) electrons. The summed E-state index contributed by atoms with van der Waals surface area (Å²) >= 11 is 0. The van der Waals surface area contributed by atoms with Crippen molar-refractivity contribution in [2.45, 2.75) is 58.0 Å². The van der Waals surface area contributed by atoms with Crippen LogP contribution in [-0.4, -0.2) is 30.1 Å². The molecule has 3 nitrogen and oxygen atoms in total. The number of rotatable bonds is 4. The fraction of sp³-hybridized carbons (Fsp3) is 0.550. The Hall–Kier alpha value is -1.61. The minimum atomic E-state index is -0.137. The second-order valence-corrected chi connectivity index (χ2v) is 6.65. The number of hydrogen-bond donors (Lipinski definition) is 0. The topological polar surface area (TPSA) is 29.5 Å². The van der Waals surface area contributed by atoms with Gasteiger partial charge in [0.25, 0.3) is 0 Å². The molecular formula is C20H27NO2. The Morgan fingerprint density at radius 3 is 2.61 bits per heavy atom. The van der Waals surface area contributed by atoms with Crippen LogP contribution in [0.4, 0.5) is 0 Å². The summed E-state index contributed by atoms with van der Waals surface area (Å²) in [6.45, 7) is 5.45. The van der Waals surface area contributed by atoms with Crippen molar-refractivity contribution >= 4 is 5.97 Å². The molecular weight excluding hydrogens is 286 g/mol. The van der Waals surface area contributed by atoms with Gasteiger partial charge in [0.1, 0.15) is 6.04 Å². The van der Waals surface area contributed by atoms with Gasteiger partial charge >= 0.3 is 5.97 Å². The molecule has 3 rings (SSSR count). The van der Waals surface area contributed by atoms with Crippen molar-refractivity contribution in [1.29, 1.82) is 0 Å². The van der Waals surface area contributed by atoms with E-state index in [0.717, 1.165) is 13.0 Å². The maximum Gasteiger partial charge on any atom is 0.323 e. The van der Waals surface area contributed by atoms with Gasteiger partial charge in [-0.25, -0.2) is 0 Å². The Morgan fingerprint density at radius 2 is 1.91 bits per heavy atom. The highest BCUT2D eigenvalue weighted by Gasteiger charge is 2.37. The third-order valence-corrected chi connectivity index (χ3v) is 5.26. The molecule has 1 aromatic rings. The quantitative estimate of drug-likeness (QED) is 0.614. The number of hydrogen-bond acceptors (Lipinski definition) is 3. The van der Waals surface area contributed by atoms with Crippen LogP contribution in [0, 0.1) is 0 Å². The average Bonchev–Trinajstić information content (AvgIpc) is 2.61. The van der Waals surface area contributed by atoms with Crippen molar-refractivity contribution in [2.24, 2.45) is 0 Å². The first kappa shape index (κ1) is 16.3. The molecule has 1 aromatic carbocycles. The van der Waals surface area contributed by atoms with Crippen molar-refractivity contribution in [3.05, 3.63) is 47.0 Å². The molecule has 0 N–H and O–H groups in total. The van der Waals surface area contributed by atoms with Crippen LogP contribution in [0.3, 0.4) is 0 Å². The molecule has 3 heteroatoms. The van der Waals surface area contributed by atoms with Gasteiger partial charge in [0.2, 0.25) is 0 Å². The minimum Gasteiger partial charge on any atom is -0.465 e. The smallest absolute Gasteiger partial charge is 0.323 e. The molecule has 2 atom stereocenters. The molecule has 0 amide bonds. The molecule has 1 aliphatic heterocycles. The fourth-order valence-electron chi connectivity index (χ4n) is 3.94.